The lowest BCUT2D eigenvalue weighted by Crippen LogP contribution is -2.22. The third-order valence-electron chi connectivity index (χ3n) is 10.1. The summed E-state index contributed by atoms with van der Waals surface area (Å²) in [6, 6.07) is 2.28. The second-order valence-corrected chi connectivity index (χ2v) is 13.0. The van der Waals surface area contributed by atoms with Crippen LogP contribution in [0.4, 0.5) is 0 Å². The molecule has 39 heavy (non-hydrogen) atoms. The Bertz CT molecular complexity index is 813. The maximum absolute atomic E-state index is 5.84. The van der Waals surface area contributed by atoms with Gasteiger partial charge in [-0.15, -0.1) is 0 Å². The molecular formula is C37H63NO. The summed E-state index contributed by atoms with van der Waals surface area (Å²) in [5, 5.41) is 0. The topological polar surface area (TPSA) is 22.1 Å². The van der Waals surface area contributed by atoms with E-state index in [4.69, 9.17) is 4.74 Å². The Morgan fingerprint density at radius 3 is 1.95 bits per heavy atom. The normalized spacial score (nSPS) is 27.6. The van der Waals surface area contributed by atoms with Crippen molar-refractivity contribution < 1.29 is 4.74 Å². The molecule has 1 aromatic rings. The molecule has 0 spiro atoms. The van der Waals surface area contributed by atoms with Crippen molar-refractivity contribution in [3.63, 3.8) is 0 Å². The minimum Gasteiger partial charge on any atom is -0.377 e. The maximum Gasteiger partial charge on any atom is 0.0682 e. The summed E-state index contributed by atoms with van der Waals surface area (Å²) >= 11 is 0. The molecule has 0 saturated carbocycles. The number of nitrogens with zero attached hydrogens (tertiary/aromatic N) is 1. The lowest BCUT2D eigenvalue weighted by Gasteiger charge is -2.31. The standard InChI is InChI=1S/C19H34O.C18H29N/c1-3-10-17-12-9-7-5-6-8-11-16(4-2)19-15-20-14-13-18(17)19;1-3-9-16-11-8-6-4-5-7-10-15(2)17-12-13-19-14-18(16)17/h16-17H,3-15H2,1-2H3;12-16H,3-11H2,1-2H3. The van der Waals surface area contributed by atoms with E-state index in [0.717, 1.165) is 31.0 Å². The summed E-state index contributed by atoms with van der Waals surface area (Å²) < 4.78 is 5.84. The molecule has 3 aliphatic rings. The predicted molar refractivity (Wildman–Crippen MR) is 170 cm³/mol. The van der Waals surface area contributed by atoms with Crippen molar-refractivity contribution in [1.29, 1.82) is 0 Å². The van der Waals surface area contributed by atoms with Crippen LogP contribution in [0.3, 0.4) is 0 Å². The molecule has 0 aromatic carbocycles. The first-order valence-electron chi connectivity index (χ1n) is 17.4. The number of fused-ring (bicyclic) bond motifs is 1. The van der Waals surface area contributed by atoms with E-state index in [1.807, 2.05) is 11.8 Å². The van der Waals surface area contributed by atoms with E-state index in [9.17, 15) is 0 Å². The fourth-order valence-corrected chi connectivity index (χ4v) is 7.78. The lowest BCUT2D eigenvalue weighted by molar-refractivity contribution is 0.131. The van der Waals surface area contributed by atoms with Crippen molar-refractivity contribution in [3.8, 4) is 0 Å². The summed E-state index contributed by atoms with van der Waals surface area (Å²) in [6.45, 7) is 11.3. The van der Waals surface area contributed by atoms with Gasteiger partial charge in [0.1, 0.15) is 0 Å². The molecule has 0 fully saturated rings. The quantitative estimate of drug-likeness (QED) is 0.348. The number of hydrogen-bond donors (Lipinski definition) is 0. The van der Waals surface area contributed by atoms with Crippen LogP contribution in [0.2, 0.25) is 0 Å². The first kappa shape index (κ1) is 32.4. The first-order valence-corrected chi connectivity index (χ1v) is 17.4. The third kappa shape index (κ3) is 10.6. The zero-order chi connectivity index (χ0) is 27.7. The van der Waals surface area contributed by atoms with Crippen LogP contribution in [0, 0.1) is 11.8 Å². The van der Waals surface area contributed by atoms with E-state index in [-0.39, 0.29) is 0 Å². The number of rotatable bonds is 5. The number of hydrogen-bond acceptors (Lipinski definition) is 2. The van der Waals surface area contributed by atoms with Gasteiger partial charge in [-0.25, -0.2) is 0 Å². The van der Waals surface area contributed by atoms with Crippen molar-refractivity contribution >= 4 is 0 Å². The Morgan fingerprint density at radius 1 is 0.692 bits per heavy atom. The van der Waals surface area contributed by atoms with Crippen LogP contribution < -0.4 is 0 Å². The van der Waals surface area contributed by atoms with Crippen molar-refractivity contribution in [2.45, 2.75) is 168 Å². The van der Waals surface area contributed by atoms with E-state index in [0.29, 0.717) is 5.92 Å². The molecule has 0 saturated heterocycles. The van der Waals surface area contributed by atoms with Crippen molar-refractivity contribution in [2.75, 3.05) is 13.2 Å². The zero-order valence-electron chi connectivity index (χ0n) is 26.5. The highest BCUT2D eigenvalue weighted by molar-refractivity contribution is 5.30. The molecule has 4 atom stereocenters. The smallest absolute Gasteiger partial charge is 0.0682 e. The largest absolute Gasteiger partial charge is 0.377 e. The minimum atomic E-state index is 0.704. The number of pyridine rings is 1. The van der Waals surface area contributed by atoms with E-state index in [2.05, 4.69) is 44.9 Å². The van der Waals surface area contributed by atoms with Gasteiger partial charge in [0.2, 0.25) is 0 Å². The van der Waals surface area contributed by atoms with Gasteiger partial charge in [0, 0.05) is 12.4 Å². The van der Waals surface area contributed by atoms with Crippen LogP contribution in [-0.2, 0) is 4.74 Å². The zero-order valence-corrected chi connectivity index (χ0v) is 26.5. The van der Waals surface area contributed by atoms with Gasteiger partial charge in [-0.1, -0.05) is 110 Å². The molecule has 2 nitrogen and oxygen atoms in total. The van der Waals surface area contributed by atoms with Crippen LogP contribution in [0.5, 0.6) is 0 Å². The highest BCUT2D eigenvalue weighted by atomic mass is 16.5. The lowest BCUT2D eigenvalue weighted by atomic mass is 9.79. The Morgan fingerprint density at radius 2 is 1.28 bits per heavy atom. The molecule has 1 aromatic heterocycles. The Balaban J connectivity index is 0.000000216. The molecule has 2 heteroatoms. The average molecular weight is 538 g/mol. The van der Waals surface area contributed by atoms with Crippen LogP contribution in [0.25, 0.3) is 0 Å². The van der Waals surface area contributed by atoms with Gasteiger partial charge in [0.25, 0.3) is 0 Å². The Hall–Kier alpha value is -1.15. The van der Waals surface area contributed by atoms with E-state index in [1.165, 1.54) is 128 Å². The molecule has 4 unspecified atom stereocenters. The molecule has 0 bridgehead atoms. The Kier molecular flexibility index (Phi) is 15.8. The highest BCUT2D eigenvalue weighted by Gasteiger charge is 2.25. The molecule has 2 heterocycles. The van der Waals surface area contributed by atoms with Crippen LogP contribution in [0.1, 0.15) is 179 Å². The molecule has 4 rings (SSSR count). The third-order valence-corrected chi connectivity index (χ3v) is 10.1. The van der Waals surface area contributed by atoms with Gasteiger partial charge in [-0.05, 0) is 97.8 Å². The second-order valence-electron chi connectivity index (χ2n) is 13.0. The Labute approximate surface area is 243 Å². The van der Waals surface area contributed by atoms with Crippen molar-refractivity contribution in [1.82, 2.24) is 4.98 Å². The van der Waals surface area contributed by atoms with Crippen molar-refractivity contribution in [3.05, 3.63) is 40.7 Å². The molecule has 1 aliphatic heterocycles. The van der Waals surface area contributed by atoms with E-state index >= 15 is 0 Å². The van der Waals surface area contributed by atoms with Crippen LogP contribution >= 0.6 is 0 Å². The van der Waals surface area contributed by atoms with Gasteiger partial charge < -0.3 is 4.74 Å². The molecule has 0 N–H and O–H groups in total. The number of aromatic nitrogens is 1. The van der Waals surface area contributed by atoms with Gasteiger partial charge in [0.05, 0.1) is 13.2 Å². The molecule has 222 valence electrons. The van der Waals surface area contributed by atoms with E-state index < -0.39 is 0 Å². The van der Waals surface area contributed by atoms with Crippen molar-refractivity contribution in [2.24, 2.45) is 11.8 Å². The summed E-state index contributed by atoms with van der Waals surface area (Å²) in [4.78, 5) is 4.41. The maximum atomic E-state index is 5.84. The monoisotopic (exact) mass is 537 g/mol. The van der Waals surface area contributed by atoms with Gasteiger partial charge in [-0.2, -0.15) is 0 Å². The molecular weight excluding hydrogens is 474 g/mol. The molecule has 0 radical (unpaired) electrons. The van der Waals surface area contributed by atoms with Gasteiger partial charge in [-0.3, -0.25) is 4.98 Å². The minimum absolute atomic E-state index is 0.704. The van der Waals surface area contributed by atoms with Crippen LogP contribution in [-0.4, -0.2) is 18.2 Å². The van der Waals surface area contributed by atoms with Crippen LogP contribution in [0.15, 0.2) is 29.6 Å². The highest BCUT2D eigenvalue weighted by Crippen LogP contribution is 2.38. The fraction of sp³-hybridized carbons (Fsp3) is 0.811. The molecule has 2 aliphatic carbocycles. The summed E-state index contributed by atoms with van der Waals surface area (Å²) in [5.74, 6) is 3.12. The second kappa shape index (κ2) is 19.1. The van der Waals surface area contributed by atoms with Gasteiger partial charge >= 0.3 is 0 Å². The SMILES string of the molecule is CCCC1CCCCCCCC(C)c2ccncc21.CCCC1CCCCCCCC(CC)C2=C1CCOC2. The number of ether oxygens (including phenoxy) is 1. The molecule has 0 amide bonds. The average Bonchev–Trinajstić information content (AvgIpc) is 3.03. The van der Waals surface area contributed by atoms with Gasteiger partial charge in [0.15, 0.2) is 0 Å². The van der Waals surface area contributed by atoms with E-state index in [1.54, 1.807) is 16.7 Å². The summed E-state index contributed by atoms with van der Waals surface area (Å²) in [7, 11) is 0. The fourth-order valence-electron chi connectivity index (χ4n) is 7.78. The first-order chi connectivity index (χ1) is 19.2. The summed E-state index contributed by atoms with van der Waals surface area (Å²) in [5.41, 5.74) is 6.68. The summed E-state index contributed by atoms with van der Waals surface area (Å²) in [6.07, 6.45) is 31.8. The predicted octanol–water partition coefficient (Wildman–Crippen LogP) is 11.7.